The molecule has 0 saturated carbocycles. The van der Waals surface area contributed by atoms with E-state index in [9.17, 15) is 21.0 Å². The summed E-state index contributed by atoms with van der Waals surface area (Å²) in [5.74, 6) is 1.23. The minimum atomic E-state index is 0.346. The van der Waals surface area contributed by atoms with Crippen LogP contribution in [0.3, 0.4) is 0 Å². The maximum atomic E-state index is 10.7. The minimum Gasteiger partial charge on any atom is -0.306 e. The van der Waals surface area contributed by atoms with Crippen LogP contribution in [0.4, 0.5) is 0 Å². The fraction of sp³-hybridized carbons (Fsp3) is 0. The zero-order chi connectivity index (χ0) is 60.1. The van der Waals surface area contributed by atoms with Gasteiger partial charge in [0.25, 0.3) is 0 Å². The van der Waals surface area contributed by atoms with Gasteiger partial charge in [0, 0.05) is 72.2 Å². The Balaban J connectivity index is 1.26. The molecule has 0 radical (unpaired) electrons. The van der Waals surface area contributed by atoms with Crippen LogP contribution in [0.1, 0.15) is 22.3 Å². The predicted molar refractivity (Wildman–Crippen MR) is 356 cm³/mol. The van der Waals surface area contributed by atoms with Gasteiger partial charge in [-0.1, -0.05) is 133 Å². The van der Waals surface area contributed by atoms with Crippen LogP contribution in [0.15, 0.2) is 255 Å². The van der Waals surface area contributed by atoms with Gasteiger partial charge in [0.05, 0.1) is 119 Å². The average molecular weight is 1150 g/mol. The SMILES string of the molecule is N#Cc1ccc2c(c1)c1ccccc1n2-c1c(-c2ccncc2)c(-c2nc(-c3ccccc3)nc(-c3ccccc3)n2)c(-n2c3ccccc3c3cc(C#N)ccc32)c(-n2c3ccccc3c3cc(C#N)ccc32)c1-n1c2ccccc2c2cc(C#N)ccc21. The first kappa shape index (κ1) is 51.2. The molecule has 0 aliphatic carbocycles. The summed E-state index contributed by atoms with van der Waals surface area (Å²) in [5.41, 5.74) is 15.1. The number of hydrogen-bond acceptors (Lipinski definition) is 8. The van der Waals surface area contributed by atoms with Crippen molar-refractivity contribution in [2.45, 2.75) is 0 Å². The number of benzene rings is 11. The fourth-order valence-electron chi connectivity index (χ4n) is 13.6. The van der Waals surface area contributed by atoms with Gasteiger partial charge in [0.2, 0.25) is 0 Å². The highest BCUT2D eigenvalue weighted by molar-refractivity contribution is 6.19. The van der Waals surface area contributed by atoms with E-state index < -0.39 is 0 Å². The van der Waals surface area contributed by atoms with E-state index in [1.165, 1.54) is 0 Å². The molecule has 12 nitrogen and oxygen atoms in total. The van der Waals surface area contributed by atoms with E-state index >= 15 is 0 Å². The maximum absolute atomic E-state index is 10.7. The normalized spacial score (nSPS) is 11.5. The first-order valence-electron chi connectivity index (χ1n) is 29.3. The van der Waals surface area contributed by atoms with E-state index in [1.807, 2.05) is 200 Å². The van der Waals surface area contributed by atoms with Crippen molar-refractivity contribution in [2.24, 2.45) is 0 Å². The quantitative estimate of drug-likeness (QED) is 0.145. The number of rotatable bonds is 8. The summed E-state index contributed by atoms with van der Waals surface area (Å²) < 4.78 is 9.35. The Morgan fingerprint density at radius 1 is 0.244 bits per heavy atom. The lowest BCUT2D eigenvalue weighted by molar-refractivity contribution is 1.01. The van der Waals surface area contributed by atoms with Crippen molar-refractivity contribution in [1.82, 2.24) is 38.2 Å². The highest BCUT2D eigenvalue weighted by atomic mass is 15.2. The highest BCUT2D eigenvalue weighted by Gasteiger charge is 2.37. The monoisotopic (exact) mass is 1150 g/mol. The Morgan fingerprint density at radius 3 is 0.878 bits per heavy atom. The summed E-state index contributed by atoms with van der Waals surface area (Å²) in [6.45, 7) is 0. The zero-order valence-corrected chi connectivity index (χ0v) is 47.6. The largest absolute Gasteiger partial charge is 0.306 e. The van der Waals surface area contributed by atoms with Crippen molar-refractivity contribution in [3.05, 3.63) is 277 Å². The van der Waals surface area contributed by atoms with E-state index in [0.717, 1.165) is 110 Å². The molecule has 17 rings (SSSR count). The second-order valence-corrected chi connectivity index (χ2v) is 22.2. The molecule has 0 aliphatic rings. The molecular weight excluding hydrogens is 1100 g/mol. The fourth-order valence-corrected chi connectivity index (χ4v) is 13.6. The summed E-state index contributed by atoms with van der Waals surface area (Å²) >= 11 is 0. The van der Waals surface area contributed by atoms with Gasteiger partial charge in [-0.3, -0.25) is 4.98 Å². The lowest BCUT2D eigenvalue weighted by Gasteiger charge is -2.31. The molecule has 0 atom stereocenters. The summed E-state index contributed by atoms with van der Waals surface area (Å²) in [6, 6.07) is 90.6. The van der Waals surface area contributed by atoms with Crippen LogP contribution in [0.5, 0.6) is 0 Å². The molecule has 12 heteroatoms. The molecule has 0 amide bonds. The second-order valence-electron chi connectivity index (χ2n) is 22.2. The van der Waals surface area contributed by atoms with Crippen molar-refractivity contribution in [1.29, 1.82) is 21.0 Å². The van der Waals surface area contributed by atoms with Crippen LogP contribution >= 0.6 is 0 Å². The first-order chi connectivity index (χ1) is 44.5. The van der Waals surface area contributed by atoms with Crippen molar-refractivity contribution in [3.8, 4) is 92.3 Å². The summed E-state index contributed by atoms with van der Waals surface area (Å²) in [7, 11) is 0. The van der Waals surface area contributed by atoms with Gasteiger partial charge in [0.1, 0.15) is 0 Å². The van der Waals surface area contributed by atoms with Crippen molar-refractivity contribution in [3.63, 3.8) is 0 Å². The minimum absolute atomic E-state index is 0.346. The second kappa shape index (κ2) is 20.2. The molecule has 414 valence electrons. The number of aromatic nitrogens is 8. The Labute approximate surface area is 513 Å². The molecule has 0 unspecified atom stereocenters. The van der Waals surface area contributed by atoms with Crippen LogP contribution in [-0.2, 0) is 0 Å². The predicted octanol–water partition coefficient (Wildman–Crippen LogP) is 17.8. The van der Waals surface area contributed by atoms with E-state index in [4.69, 9.17) is 19.9 Å². The number of fused-ring (bicyclic) bond motifs is 12. The molecular formula is C78H42N12. The van der Waals surface area contributed by atoms with Gasteiger partial charge in [0.15, 0.2) is 17.5 Å². The van der Waals surface area contributed by atoms with Crippen molar-refractivity contribution < 1.29 is 0 Å². The van der Waals surface area contributed by atoms with Crippen LogP contribution in [0.25, 0.3) is 155 Å². The standard InChI is InChI=1S/C78H42N12/c79-43-47-27-31-66-58(39-47)54-19-7-11-23-62(54)87(66)72-70(51-35-37-83-38-36-51)71(78-85-76(52-15-3-1-4-16-52)84-77(86-78)53-17-5-2-6-18-53)73(88-63-24-12-8-20-55(63)59-40-48(44-80)28-32-67(59)88)75(90-65-26-14-10-22-57(65)61-42-50(46-82)30-34-69(61)90)74(72)89-64-25-13-9-21-56(64)60-41-49(45-81)29-33-68(60)89/h1-42H. The molecule has 6 heterocycles. The molecule has 0 aliphatic heterocycles. The molecule has 17 aromatic rings. The Morgan fingerprint density at radius 2 is 0.533 bits per heavy atom. The van der Waals surface area contributed by atoms with Crippen LogP contribution < -0.4 is 0 Å². The Bertz CT molecular complexity index is 6020. The zero-order valence-electron chi connectivity index (χ0n) is 47.6. The van der Waals surface area contributed by atoms with Gasteiger partial charge >= 0.3 is 0 Å². The molecule has 11 aromatic carbocycles. The topological polar surface area (TPSA) is 166 Å². The molecule has 0 saturated heterocycles. The van der Waals surface area contributed by atoms with Crippen molar-refractivity contribution >= 4 is 87.2 Å². The third-order valence-electron chi connectivity index (χ3n) is 17.4. The third kappa shape index (κ3) is 7.63. The third-order valence-corrected chi connectivity index (χ3v) is 17.4. The molecule has 0 bridgehead atoms. The lowest BCUT2D eigenvalue weighted by atomic mass is 9.91. The van der Waals surface area contributed by atoms with Crippen LogP contribution in [-0.4, -0.2) is 38.2 Å². The van der Waals surface area contributed by atoms with Crippen molar-refractivity contribution in [2.75, 3.05) is 0 Å². The number of hydrogen-bond donors (Lipinski definition) is 0. The molecule has 0 fully saturated rings. The van der Waals surface area contributed by atoms with Gasteiger partial charge < -0.3 is 18.3 Å². The average Bonchev–Trinajstić information content (AvgIpc) is 1.39. The van der Waals surface area contributed by atoms with Crippen LogP contribution in [0, 0.1) is 45.3 Å². The Kier molecular flexibility index (Phi) is 11.5. The number of nitriles is 4. The van der Waals surface area contributed by atoms with Gasteiger partial charge in [-0.05, 0) is 115 Å². The summed E-state index contributed by atoms with van der Waals surface area (Å²) in [6.07, 6.45) is 3.62. The van der Waals surface area contributed by atoms with Crippen LogP contribution in [0.2, 0.25) is 0 Å². The van der Waals surface area contributed by atoms with Gasteiger partial charge in [-0.15, -0.1) is 0 Å². The van der Waals surface area contributed by atoms with E-state index in [2.05, 4.69) is 97.1 Å². The number of pyridine rings is 1. The maximum Gasteiger partial charge on any atom is 0.166 e. The molecule has 6 aromatic heterocycles. The van der Waals surface area contributed by atoms with E-state index in [-0.39, 0.29) is 0 Å². The van der Waals surface area contributed by atoms with E-state index in [1.54, 1.807) is 0 Å². The van der Waals surface area contributed by atoms with E-state index in [0.29, 0.717) is 67.9 Å². The first-order valence-corrected chi connectivity index (χ1v) is 29.3. The Hall–Kier alpha value is -13.3. The molecule has 90 heavy (non-hydrogen) atoms. The summed E-state index contributed by atoms with van der Waals surface area (Å²) in [5, 5.41) is 49.8. The molecule has 0 N–H and O–H groups in total. The summed E-state index contributed by atoms with van der Waals surface area (Å²) in [4.78, 5) is 21.6. The van der Waals surface area contributed by atoms with Gasteiger partial charge in [-0.25, -0.2) is 15.0 Å². The van der Waals surface area contributed by atoms with Gasteiger partial charge in [-0.2, -0.15) is 21.0 Å². The molecule has 0 spiro atoms. The lowest BCUT2D eigenvalue weighted by Crippen LogP contribution is -2.17. The smallest absolute Gasteiger partial charge is 0.166 e. The highest BCUT2D eigenvalue weighted by Crippen LogP contribution is 2.54. The number of para-hydroxylation sites is 4. The number of nitrogens with zero attached hydrogens (tertiary/aromatic N) is 12.